The number of hydrogen-bond acceptors (Lipinski definition) is 4. The topological polar surface area (TPSA) is 77.9 Å². The second kappa shape index (κ2) is 6.33. The van der Waals surface area contributed by atoms with Gasteiger partial charge in [-0.2, -0.15) is 11.3 Å². The van der Waals surface area contributed by atoms with Gasteiger partial charge in [0.1, 0.15) is 0 Å². The van der Waals surface area contributed by atoms with Crippen molar-refractivity contribution in [2.45, 2.75) is 0 Å². The van der Waals surface area contributed by atoms with E-state index >= 15 is 0 Å². The molecule has 0 spiro atoms. The van der Waals surface area contributed by atoms with Gasteiger partial charge in [-0.25, -0.2) is 4.79 Å². The number of carboxylic acid groups (broad SMARTS) is 1. The summed E-state index contributed by atoms with van der Waals surface area (Å²) in [6, 6.07) is 1.78. The largest absolute Gasteiger partial charge is 0.478 e. The number of amides is 2. The predicted molar refractivity (Wildman–Crippen MR) is 73.6 cm³/mol. The molecular formula is C13H14N2O4S. The monoisotopic (exact) mass is 294 g/mol. The fourth-order valence-corrected chi connectivity index (χ4v) is 2.58. The molecule has 0 bridgehead atoms. The quantitative estimate of drug-likeness (QED) is 0.831. The van der Waals surface area contributed by atoms with E-state index in [1.165, 1.54) is 16.2 Å². The lowest BCUT2D eigenvalue weighted by Crippen LogP contribution is -2.50. The molecule has 6 nitrogen and oxygen atoms in total. The van der Waals surface area contributed by atoms with Gasteiger partial charge in [0.25, 0.3) is 5.91 Å². The van der Waals surface area contributed by atoms with Crippen LogP contribution in [-0.4, -0.2) is 58.9 Å². The second-order valence-electron chi connectivity index (χ2n) is 4.30. The molecule has 0 aliphatic carbocycles. The highest BCUT2D eigenvalue weighted by Gasteiger charge is 2.24. The van der Waals surface area contributed by atoms with Crippen molar-refractivity contribution < 1.29 is 19.5 Å². The van der Waals surface area contributed by atoms with Crippen molar-refractivity contribution in [2.75, 3.05) is 26.2 Å². The van der Waals surface area contributed by atoms with Crippen LogP contribution in [0.2, 0.25) is 0 Å². The minimum absolute atomic E-state index is 0.0283. The Labute approximate surface area is 119 Å². The molecule has 1 fully saturated rings. The molecule has 1 N–H and O–H groups in total. The molecule has 1 aliphatic rings. The summed E-state index contributed by atoms with van der Waals surface area (Å²) in [6.07, 6.45) is 1.86. The third-order valence-corrected chi connectivity index (χ3v) is 3.70. The first-order valence-corrected chi connectivity index (χ1v) is 7.03. The van der Waals surface area contributed by atoms with E-state index in [-0.39, 0.29) is 11.8 Å². The van der Waals surface area contributed by atoms with Crippen molar-refractivity contribution in [1.29, 1.82) is 0 Å². The Kier molecular flexibility index (Phi) is 4.52. The number of carbonyl (C=O) groups is 3. The molecule has 1 aliphatic heterocycles. The van der Waals surface area contributed by atoms with Crippen molar-refractivity contribution in [1.82, 2.24) is 9.80 Å². The molecule has 0 saturated carbocycles. The van der Waals surface area contributed by atoms with Crippen LogP contribution in [0.3, 0.4) is 0 Å². The lowest BCUT2D eigenvalue weighted by Gasteiger charge is -2.34. The standard InChI is InChI=1S/C13H14N2O4S/c16-11(1-2-12(17)18)14-4-6-15(7-5-14)13(19)10-3-8-20-9-10/h1-3,8-9H,4-7H2,(H,17,18)/b2-1+. The highest BCUT2D eigenvalue weighted by Crippen LogP contribution is 2.12. The number of carbonyl (C=O) groups excluding carboxylic acids is 2. The van der Waals surface area contributed by atoms with E-state index in [0.717, 1.165) is 12.2 Å². The van der Waals surface area contributed by atoms with Gasteiger partial charge in [-0.15, -0.1) is 0 Å². The first kappa shape index (κ1) is 14.3. The van der Waals surface area contributed by atoms with E-state index in [0.29, 0.717) is 31.7 Å². The van der Waals surface area contributed by atoms with E-state index in [1.54, 1.807) is 16.3 Å². The van der Waals surface area contributed by atoms with Gasteiger partial charge >= 0.3 is 5.97 Å². The lowest BCUT2D eigenvalue weighted by atomic mass is 10.2. The summed E-state index contributed by atoms with van der Waals surface area (Å²) in [5, 5.41) is 12.1. The molecule has 0 atom stereocenters. The van der Waals surface area contributed by atoms with Crippen molar-refractivity contribution in [3.63, 3.8) is 0 Å². The molecule has 2 amide bonds. The van der Waals surface area contributed by atoms with E-state index in [2.05, 4.69) is 0 Å². The van der Waals surface area contributed by atoms with Crippen molar-refractivity contribution in [3.05, 3.63) is 34.5 Å². The van der Waals surface area contributed by atoms with E-state index < -0.39 is 5.97 Å². The Hall–Kier alpha value is -2.15. The Morgan fingerprint density at radius 3 is 2.30 bits per heavy atom. The summed E-state index contributed by atoms with van der Waals surface area (Å²) in [5.41, 5.74) is 0.667. The van der Waals surface area contributed by atoms with E-state index in [9.17, 15) is 14.4 Å². The molecule has 7 heteroatoms. The summed E-state index contributed by atoms with van der Waals surface area (Å²) in [5.74, 6) is -1.51. The number of nitrogens with zero attached hydrogens (tertiary/aromatic N) is 2. The van der Waals surface area contributed by atoms with Crippen LogP contribution in [0.25, 0.3) is 0 Å². The smallest absolute Gasteiger partial charge is 0.328 e. The molecule has 2 heterocycles. The fraction of sp³-hybridized carbons (Fsp3) is 0.308. The van der Waals surface area contributed by atoms with Crippen LogP contribution in [-0.2, 0) is 9.59 Å². The Balaban J connectivity index is 1.88. The van der Waals surface area contributed by atoms with Crippen molar-refractivity contribution in [3.8, 4) is 0 Å². The van der Waals surface area contributed by atoms with Crippen molar-refractivity contribution >= 4 is 29.1 Å². The summed E-state index contributed by atoms with van der Waals surface area (Å²) >= 11 is 1.47. The Bertz CT molecular complexity index is 531. The van der Waals surface area contributed by atoms with Crippen LogP contribution in [0.5, 0.6) is 0 Å². The molecule has 1 aromatic heterocycles. The average molecular weight is 294 g/mol. The summed E-state index contributed by atoms with van der Waals surface area (Å²) < 4.78 is 0. The van der Waals surface area contributed by atoms with Gasteiger partial charge in [-0.3, -0.25) is 9.59 Å². The molecule has 2 rings (SSSR count). The highest BCUT2D eigenvalue weighted by atomic mass is 32.1. The van der Waals surface area contributed by atoms with Gasteiger partial charge in [-0.05, 0) is 11.4 Å². The van der Waals surface area contributed by atoms with E-state index in [1.807, 2.05) is 5.38 Å². The number of aliphatic carboxylic acids is 1. The molecule has 0 aromatic carbocycles. The predicted octanol–water partition coefficient (Wildman–Crippen LogP) is 0.673. The number of hydrogen-bond donors (Lipinski definition) is 1. The van der Waals surface area contributed by atoms with Crippen LogP contribution in [0.15, 0.2) is 29.0 Å². The van der Waals surface area contributed by atoms with Gasteiger partial charge in [0.05, 0.1) is 5.56 Å². The molecule has 0 radical (unpaired) electrons. The number of carboxylic acids is 1. The SMILES string of the molecule is O=C(O)/C=C/C(=O)N1CCN(C(=O)c2ccsc2)CC1. The van der Waals surface area contributed by atoms with Crippen LogP contribution in [0.1, 0.15) is 10.4 Å². The zero-order valence-electron chi connectivity index (χ0n) is 10.7. The first-order chi connectivity index (χ1) is 9.58. The Morgan fingerprint density at radius 2 is 1.75 bits per heavy atom. The minimum atomic E-state index is -1.15. The summed E-state index contributed by atoms with van der Waals surface area (Å²) in [7, 11) is 0. The lowest BCUT2D eigenvalue weighted by molar-refractivity contribution is -0.132. The Morgan fingerprint density at radius 1 is 1.10 bits per heavy atom. The average Bonchev–Trinajstić information content (AvgIpc) is 2.98. The maximum absolute atomic E-state index is 12.1. The number of rotatable bonds is 3. The zero-order chi connectivity index (χ0) is 14.5. The third kappa shape index (κ3) is 3.45. The minimum Gasteiger partial charge on any atom is -0.478 e. The second-order valence-corrected chi connectivity index (χ2v) is 5.08. The van der Waals surface area contributed by atoms with Gasteiger partial charge in [0.15, 0.2) is 0 Å². The molecule has 106 valence electrons. The molecular weight excluding hydrogens is 280 g/mol. The first-order valence-electron chi connectivity index (χ1n) is 6.09. The normalized spacial score (nSPS) is 15.6. The van der Waals surface area contributed by atoms with Crippen LogP contribution in [0.4, 0.5) is 0 Å². The van der Waals surface area contributed by atoms with Gasteiger partial charge in [0.2, 0.25) is 5.91 Å². The molecule has 0 unspecified atom stereocenters. The van der Waals surface area contributed by atoms with Gasteiger partial charge in [-0.1, -0.05) is 0 Å². The number of piperazine rings is 1. The molecule has 1 saturated heterocycles. The fourth-order valence-electron chi connectivity index (χ4n) is 1.95. The van der Waals surface area contributed by atoms with Crippen LogP contribution in [0, 0.1) is 0 Å². The summed E-state index contributed by atoms with van der Waals surface area (Å²) in [4.78, 5) is 37.4. The van der Waals surface area contributed by atoms with Crippen molar-refractivity contribution in [2.24, 2.45) is 0 Å². The molecule has 20 heavy (non-hydrogen) atoms. The maximum Gasteiger partial charge on any atom is 0.328 e. The van der Waals surface area contributed by atoms with E-state index in [4.69, 9.17) is 5.11 Å². The highest BCUT2D eigenvalue weighted by molar-refractivity contribution is 7.08. The van der Waals surface area contributed by atoms with Gasteiger partial charge in [0, 0.05) is 43.7 Å². The van der Waals surface area contributed by atoms with Crippen LogP contribution >= 0.6 is 11.3 Å². The third-order valence-electron chi connectivity index (χ3n) is 3.02. The zero-order valence-corrected chi connectivity index (χ0v) is 11.5. The maximum atomic E-state index is 12.1. The van der Waals surface area contributed by atoms with Crippen LogP contribution < -0.4 is 0 Å². The van der Waals surface area contributed by atoms with Gasteiger partial charge < -0.3 is 14.9 Å². The summed E-state index contributed by atoms with van der Waals surface area (Å²) in [6.45, 7) is 1.75. The number of thiophene rings is 1. The molecule has 1 aromatic rings.